The number of nitrogens with one attached hydrogen (secondary N) is 2. The van der Waals surface area contributed by atoms with Crippen molar-refractivity contribution in [1.29, 1.82) is 0 Å². The van der Waals surface area contributed by atoms with E-state index in [9.17, 15) is 26.8 Å². The Labute approximate surface area is 154 Å². The fraction of sp³-hybridized carbons (Fsp3) is 0.176. The zero-order chi connectivity index (χ0) is 20.0. The predicted molar refractivity (Wildman–Crippen MR) is 92.3 cm³/mol. The highest BCUT2D eigenvalue weighted by atomic mass is 32.2. The van der Waals surface area contributed by atoms with Crippen molar-refractivity contribution in [2.24, 2.45) is 0 Å². The lowest BCUT2D eigenvalue weighted by atomic mass is 10.2. The van der Waals surface area contributed by atoms with E-state index in [1.54, 1.807) is 19.1 Å². The molecule has 0 aliphatic heterocycles. The van der Waals surface area contributed by atoms with Crippen molar-refractivity contribution in [3.63, 3.8) is 0 Å². The standard InChI is InChI=1S/C17H16F2N2O5S/c1-11-2-5-13(6-3-11)27(24,25)20-9-17(23)26-10-16(22)21-12-4-7-14(18)15(19)8-12/h2-8,20H,9-10H2,1H3,(H,21,22). The summed E-state index contributed by atoms with van der Waals surface area (Å²) in [5, 5.41) is 2.21. The van der Waals surface area contributed by atoms with Crippen LogP contribution in [-0.2, 0) is 24.3 Å². The van der Waals surface area contributed by atoms with Crippen LogP contribution in [0.25, 0.3) is 0 Å². The third-order valence-electron chi connectivity index (χ3n) is 3.31. The molecule has 2 aromatic carbocycles. The number of hydrogen-bond donors (Lipinski definition) is 2. The van der Waals surface area contributed by atoms with Gasteiger partial charge in [-0.2, -0.15) is 4.72 Å². The number of benzene rings is 2. The van der Waals surface area contributed by atoms with Crippen LogP contribution in [0.15, 0.2) is 47.4 Å². The van der Waals surface area contributed by atoms with Crippen molar-refractivity contribution in [2.75, 3.05) is 18.5 Å². The minimum absolute atomic E-state index is 0.0167. The van der Waals surface area contributed by atoms with Crippen LogP contribution in [-0.4, -0.2) is 33.4 Å². The molecule has 144 valence electrons. The molecule has 0 aromatic heterocycles. The number of amides is 1. The van der Waals surface area contributed by atoms with Gasteiger partial charge in [-0.1, -0.05) is 17.7 Å². The van der Waals surface area contributed by atoms with Crippen LogP contribution in [0.2, 0.25) is 0 Å². The molecule has 0 aliphatic rings. The zero-order valence-electron chi connectivity index (χ0n) is 14.2. The van der Waals surface area contributed by atoms with Gasteiger partial charge in [-0.25, -0.2) is 17.2 Å². The smallest absolute Gasteiger partial charge is 0.321 e. The highest BCUT2D eigenvalue weighted by Crippen LogP contribution is 2.13. The van der Waals surface area contributed by atoms with Crippen LogP contribution < -0.4 is 10.0 Å². The number of hydrogen-bond acceptors (Lipinski definition) is 5. The molecule has 2 N–H and O–H groups in total. The van der Waals surface area contributed by atoms with Gasteiger partial charge in [0.2, 0.25) is 10.0 Å². The minimum Gasteiger partial charge on any atom is -0.455 e. The summed E-state index contributed by atoms with van der Waals surface area (Å²) < 4.78 is 56.6. The molecular weight excluding hydrogens is 382 g/mol. The molecule has 0 aliphatic carbocycles. The third kappa shape index (κ3) is 6.12. The number of rotatable bonds is 7. The molecule has 1 amide bonds. The first-order valence-corrected chi connectivity index (χ1v) is 9.12. The maximum Gasteiger partial charge on any atom is 0.321 e. The Morgan fingerprint density at radius 2 is 1.70 bits per heavy atom. The highest BCUT2D eigenvalue weighted by Gasteiger charge is 2.16. The van der Waals surface area contributed by atoms with E-state index in [4.69, 9.17) is 0 Å². The van der Waals surface area contributed by atoms with E-state index in [0.717, 1.165) is 23.8 Å². The first-order valence-electron chi connectivity index (χ1n) is 7.64. The molecule has 2 rings (SSSR count). The summed E-state index contributed by atoms with van der Waals surface area (Å²) in [7, 11) is -3.90. The fourth-order valence-corrected chi connectivity index (χ4v) is 2.89. The average molecular weight is 398 g/mol. The monoisotopic (exact) mass is 398 g/mol. The van der Waals surface area contributed by atoms with Gasteiger partial charge in [-0.15, -0.1) is 0 Å². The number of anilines is 1. The summed E-state index contributed by atoms with van der Waals surface area (Å²) in [6.07, 6.45) is 0. The van der Waals surface area contributed by atoms with Gasteiger partial charge in [-0.05, 0) is 31.2 Å². The molecule has 0 fully saturated rings. The molecule has 0 heterocycles. The van der Waals surface area contributed by atoms with Gasteiger partial charge in [0, 0.05) is 11.8 Å². The van der Waals surface area contributed by atoms with E-state index in [2.05, 4.69) is 14.8 Å². The largest absolute Gasteiger partial charge is 0.455 e. The van der Waals surface area contributed by atoms with Gasteiger partial charge in [0.25, 0.3) is 5.91 Å². The summed E-state index contributed by atoms with van der Waals surface area (Å²) in [6, 6.07) is 8.72. The van der Waals surface area contributed by atoms with Gasteiger partial charge in [0.05, 0.1) is 4.90 Å². The zero-order valence-corrected chi connectivity index (χ0v) is 15.0. The number of sulfonamides is 1. The van der Waals surface area contributed by atoms with Crippen molar-refractivity contribution < 1.29 is 31.5 Å². The topological polar surface area (TPSA) is 102 Å². The molecule has 0 radical (unpaired) electrons. The Balaban J connectivity index is 1.80. The summed E-state index contributed by atoms with van der Waals surface area (Å²) in [6.45, 7) is 0.408. The van der Waals surface area contributed by atoms with Crippen LogP contribution in [0.4, 0.5) is 14.5 Å². The van der Waals surface area contributed by atoms with Crippen LogP contribution in [0.5, 0.6) is 0 Å². The lowest BCUT2D eigenvalue weighted by Crippen LogP contribution is -2.32. The first-order chi connectivity index (χ1) is 12.7. The fourth-order valence-electron chi connectivity index (χ4n) is 1.92. The number of ether oxygens (including phenoxy) is 1. The molecule has 27 heavy (non-hydrogen) atoms. The number of aryl methyl sites for hydroxylation is 1. The molecule has 0 spiro atoms. The number of carbonyl (C=O) groups excluding carboxylic acids is 2. The molecule has 0 bridgehead atoms. The number of esters is 1. The maximum atomic E-state index is 13.0. The second kappa shape index (κ2) is 8.69. The van der Waals surface area contributed by atoms with Crippen LogP contribution >= 0.6 is 0 Å². The third-order valence-corrected chi connectivity index (χ3v) is 4.72. The van der Waals surface area contributed by atoms with Crippen LogP contribution in [0, 0.1) is 18.6 Å². The lowest BCUT2D eigenvalue weighted by Gasteiger charge is -2.08. The lowest BCUT2D eigenvalue weighted by molar-refractivity contribution is -0.146. The van der Waals surface area contributed by atoms with Crippen molar-refractivity contribution in [2.45, 2.75) is 11.8 Å². The van der Waals surface area contributed by atoms with Gasteiger partial charge in [-0.3, -0.25) is 9.59 Å². The Kier molecular flexibility index (Phi) is 6.59. The van der Waals surface area contributed by atoms with E-state index in [-0.39, 0.29) is 10.6 Å². The van der Waals surface area contributed by atoms with Crippen molar-refractivity contribution in [3.8, 4) is 0 Å². The summed E-state index contributed by atoms with van der Waals surface area (Å²) in [5.41, 5.74) is 0.857. The van der Waals surface area contributed by atoms with E-state index in [1.165, 1.54) is 12.1 Å². The van der Waals surface area contributed by atoms with Crippen LogP contribution in [0.1, 0.15) is 5.56 Å². The molecular formula is C17H16F2N2O5S. The first kappa shape index (κ1) is 20.5. The predicted octanol–water partition coefficient (Wildman–Crippen LogP) is 1.73. The molecule has 2 aromatic rings. The van der Waals surface area contributed by atoms with E-state index in [1.807, 2.05) is 0 Å². The molecule has 0 saturated heterocycles. The molecule has 0 unspecified atom stereocenters. The Hall–Kier alpha value is -2.85. The summed E-state index contributed by atoms with van der Waals surface area (Å²) in [5.74, 6) is -3.99. The average Bonchev–Trinajstić information content (AvgIpc) is 2.62. The second-order valence-corrected chi connectivity index (χ2v) is 7.24. The van der Waals surface area contributed by atoms with Crippen LogP contribution in [0.3, 0.4) is 0 Å². The van der Waals surface area contributed by atoms with E-state index in [0.29, 0.717) is 0 Å². The minimum atomic E-state index is -3.90. The van der Waals surface area contributed by atoms with E-state index >= 15 is 0 Å². The Morgan fingerprint density at radius 3 is 2.33 bits per heavy atom. The summed E-state index contributed by atoms with van der Waals surface area (Å²) in [4.78, 5) is 23.2. The number of halogens is 2. The molecule has 0 saturated carbocycles. The SMILES string of the molecule is Cc1ccc(S(=O)(=O)NCC(=O)OCC(=O)Nc2ccc(F)c(F)c2)cc1. The molecule has 0 atom stereocenters. The van der Waals surface area contributed by atoms with E-state index < -0.39 is 46.7 Å². The highest BCUT2D eigenvalue weighted by molar-refractivity contribution is 7.89. The molecule has 10 heteroatoms. The summed E-state index contributed by atoms with van der Waals surface area (Å²) >= 11 is 0. The van der Waals surface area contributed by atoms with Gasteiger partial charge in [0.15, 0.2) is 18.2 Å². The van der Waals surface area contributed by atoms with Gasteiger partial charge < -0.3 is 10.1 Å². The molecule has 7 nitrogen and oxygen atoms in total. The van der Waals surface area contributed by atoms with Gasteiger partial charge >= 0.3 is 5.97 Å². The van der Waals surface area contributed by atoms with Crippen molar-refractivity contribution in [1.82, 2.24) is 4.72 Å². The maximum absolute atomic E-state index is 13.0. The quantitative estimate of drug-likeness (QED) is 0.692. The van der Waals surface area contributed by atoms with Gasteiger partial charge in [0.1, 0.15) is 6.54 Å². The Bertz CT molecular complexity index is 946. The normalized spacial score (nSPS) is 11.1. The van der Waals surface area contributed by atoms with Crippen molar-refractivity contribution in [3.05, 3.63) is 59.7 Å². The Morgan fingerprint density at radius 1 is 1.04 bits per heavy atom. The van der Waals surface area contributed by atoms with Crippen molar-refractivity contribution >= 4 is 27.6 Å². The number of carbonyl (C=O) groups is 2. The second-order valence-electron chi connectivity index (χ2n) is 5.48.